The van der Waals surface area contributed by atoms with Crippen LogP contribution in [0.3, 0.4) is 0 Å². The first-order chi connectivity index (χ1) is 12.0. The molecule has 1 unspecified atom stereocenters. The van der Waals surface area contributed by atoms with Gasteiger partial charge in [-0.1, -0.05) is 6.07 Å². The number of anilines is 1. The van der Waals surface area contributed by atoms with Gasteiger partial charge in [0.1, 0.15) is 5.82 Å². The minimum Gasteiger partial charge on any atom is -0.356 e. The molecule has 1 aliphatic heterocycles. The molecule has 1 aliphatic rings. The third kappa shape index (κ3) is 4.07. The number of rotatable bonds is 4. The smallest absolute Gasteiger partial charge is 0.253 e. The maximum atomic E-state index is 12.6. The van der Waals surface area contributed by atoms with Crippen molar-refractivity contribution in [1.82, 2.24) is 15.3 Å². The van der Waals surface area contributed by atoms with Crippen LogP contribution in [0.5, 0.6) is 0 Å². The van der Waals surface area contributed by atoms with Gasteiger partial charge in [-0.25, -0.2) is 4.98 Å². The van der Waals surface area contributed by atoms with Gasteiger partial charge in [0.05, 0.1) is 5.92 Å². The van der Waals surface area contributed by atoms with Crippen molar-refractivity contribution < 1.29 is 4.79 Å². The minimum absolute atomic E-state index is 0.00000567. The van der Waals surface area contributed by atoms with E-state index in [1.54, 1.807) is 6.20 Å². The Bertz CT molecular complexity index is 801. The molecular formula is C19H24N4O2. The van der Waals surface area contributed by atoms with Gasteiger partial charge in [0, 0.05) is 37.1 Å². The first-order valence-corrected chi connectivity index (χ1v) is 8.67. The van der Waals surface area contributed by atoms with Crippen molar-refractivity contribution in [2.24, 2.45) is 5.92 Å². The predicted octanol–water partition coefficient (Wildman–Crippen LogP) is 1.92. The zero-order valence-corrected chi connectivity index (χ0v) is 14.7. The van der Waals surface area contributed by atoms with Gasteiger partial charge in [-0.3, -0.25) is 9.59 Å². The zero-order valence-electron chi connectivity index (χ0n) is 14.7. The molecule has 1 atom stereocenters. The molecule has 3 rings (SSSR count). The number of carbonyl (C=O) groups is 1. The Morgan fingerprint density at radius 2 is 2.24 bits per heavy atom. The fourth-order valence-corrected chi connectivity index (χ4v) is 3.36. The van der Waals surface area contributed by atoms with E-state index in [2.05, 4.69) is 20.2 Å². The van der Waals surface area contributed by atoms with Gasteiger partial charge >= 0.3 is 0 Å². The topological polar surface area (TPSA) is 78.1 Å². The predicted molar refractivity (Wildman–Crippen MR) is 97.6 cm³/mol. The van der Waals surface area contributed by atoms with Gasteiger partial charge in [0.2, 0.25) is 5.91 Å². The number of nitrogens with zero attached hydrogens (tertiary/aromatic N) is 2. The van der Waals surface area contributed by atoms with E-state index in [0.717, 1.165) is 36.5 Å². The van der Waals surface area contributed by atoms with E-state index in [0.29, 0.717) is 12.1 Å². The van der Waals surface area contributed by atoms with Gasteiger partial charge in [-0.15, -0.1) is 0 Å². The molecule has 25 heavy (non-hydrogen) atoms. The highest BCUT2D eigenvalue weighted by Crippen LogP contribution is 2.21. The Kier molecular flexibility index (Phi) is 5.16. The Balaban J connectivity index is 1.63. The fraction of sp³-hybridized carbons (Fsp3) is 0.421. The van der Waals surface area contributed by atoms with Crippen LogP contribution < -0.4 is 15.8 Å². The molecule has 1 fully saturated rings. The Labute approximate surface area is 147 Å². The molecule has 0 aliphatic carbocycles. The lowest BCUT2D eigenvalue weighted by atomic mass is 9.97. The van der Waals surface area contributed by atoms with Crippen LogP contribution in [0.1, 0.15) is 29.7 Å². The van der Waals surface area contributed by atoms with Gasteiger partial charge in [0.15, 0.2) is 0 Å². The summed E-state index contributed by atoms with van der Waals surface area (Å²) in [4.78, 5) is 33.9. The first kappa shape index (κ1) is 17.2. The number of pyridine rings is 2. The number of aryl methyl sites for hydroxylation is 2. The van der Waals surface area contributed by atoms with Crippen LogP contribution in [0.4, 0.5) is 5.82 Å². The monoisotopic (exact) mass is 340 g/mol. The summed E-state index contributed by atoms with van der Waals surface area (Å²) in [6.07, 6.45) is 3.59. The van der Waals surface area contributed by atoms with Crippen molar-refractivity contribution in [2.75, 3.05) is 18.0 Å². The molecule has 2 aromatic rings. The van der Waals surface area contributed by atoms with E-state index >= 15 is 0 Å². The molecule has 3 heterocycles. The molecule has 132 valence electrons. The lowest BCUT2D eigenvalue weighted by Crippen LogP contribution is -2.43. The Hall–Kier alpha value is -2.63. The third-order valence-electron chi connectivity index (χ3n) is 4.70. The Morgan fingerprint density at radius 1 is 1.40 bits per heavy atom. The minimum atomic E-state index is -0.128. The summed E-state index contributed by atoms with van der Waals surface area (Å²) in [5.74, 6) is 0.825. The van der Waals surface area contributed by atoms with Gasteiger partial charge < -0.3 is 15.2 Å². The quantitative estimate of drug-likeness (QED) is 0.891. The van der Waals surface area contributed by atoms with Crippen molar-refractivity contribution in [3.05, 3.63) is 57.6 Å². The molecule has 0 aromatic carbocycles. The van der Waals surface area contributed by atoms with Crippen LogP contribution in [-0.4, -0.2) is 29.0 Å². The van der Waals surface area contributed by atoms with Gasteiger partial charge in [0.25, 0.3) is 5.56 Å². The van der Waals surface area contributed by atoms with Crippen molar-refractivity contribution in [3.8, 4) is 0 Å². The Morgan fingerprint density at radius 3 is 2.96 bits per heavy atom. The molecule has 0 bridgehead atoms. The fourth-order valence-electron chi connectivity index (χ4n) is 3.36. The lowest BCUT2D eigenvalue weighted by Gasteiger charge is -2.32. The standard InChI is InChI=1S/C19H24N4O2/c1-13-10-14(2)22-19(25)16(13)11-21-18(24)15-6-5-9-23(12-15)17-7-3-4-8-20-17/h3-4,7-8,10,15H,5-6,9,11-12H2,1-2H3,(H,21,24)(H,22,25). The van der Waals surface area contributed by atoms with E-state index in [1.807, 2.05) is 38.1 Å². The lowest BCUT2D eigenvalue weighted by molar-refractivity contribution is -0.125. The van der Waals surface area contributed by atoms with Crippen LogP contribution in [0, 0.1) is 19.8 Å². The molecule has 0 radical (unpaired) electrons. The number of hydrogen-bond acceptors (Lipinski definition) is 4. The van der Waals surface area contributed by atoms with E-state index in [-0.39, 0.29) is 23.9 Å². The molecule has 0 spiro atoms. The van der Waals surface area contributed by atoms with Gasteiger partial charge in [-0.05, 0) is 50.5 Å². The molecule has 6 heteroatoms. The molecule has 2 N–H and O–H groups in total. The highest BCUT2D eigenvalue weighted by Gasteiger charge is 2.26. The van der Waals surface area contributed by atoms with Crippen molar-refractivity contribution >= 4 is 11.7 Å². The number of carbonyl (C=O) groups excluding carboxylic acids is 1. The average molecular weight is 340 g/mol. The molecular weight excluding hydrogens is 316 g/mol. The van der Waals surface area contributed by atoms with Crippen molar-refractivity contribution in [1.29, 1.82) is 0 Å². The summed E-state index contributed by atoms with van der Waals surface area (Å²) in [7, 11) is 0. The highest BCUT2D eigenvalue weighted by molar-refractivity contribution is 5.79. The number of nitrogens with one attached hydrogen (secondary N) is 2. The number of H-pyrrole nitrogens is 1. The maximum Gasteiger partial charge on any atom is 0.253 e. The molecule has 1 saturated heterocycles. The summed E-state index contributed by atoms with van der Waals surface area (Å²) < 4.78 is 0. The van der Waals surface area contributed by atoms with Crippen LogP contribution in [0.15, 0.2) is 35.3 Å². The summed E-state index contributed by atoms with van der Waals surface area (Å²) >= 11 is 0. The summed E-state index contributed by atoms with van der Waals surface area (Å²) in [5, 5.41) is 2.94. The SMILES string of the molecule is Cc1cc(C)c(CNC(=O)C2CCCN(c3ccccn3)C2)c(=O)[nH]1. The third-order valence-corrected chi connectivity index (χ3v) is 4.70. The zero-order chi connectivity index (χ0) is 17.8. The van der Waals surface area contributed by atoms with Gasteiger partial charge in [-0.2, -0.15) is 0 Å². The normalized spacial score (nSPS) is 17.4. The van der Waals surface area contributed by atoms with Crippen LogP contribution in [0.25, 0.3) is 0 Å². The summed E-state index contributed by atoms with van der Waals surface area (Å²) in [6.45, 7) is 5.59. The molecule has 1 amide bonds. The number of hydrogen-bond donors (Lipinski definition) is 2. The maximum absolute atomic E-state index is 12.6. The van der Waals surface area contributed by atoms with Crippen LogP contribution in [-0.2, 0) is 11.3 Å². The van der Waals surface area contributed by atoms with E-state index < -0.39 is 0 Å². The second-order valence-electron chi connectivity index (χ2n) is 6.63. The molecule has 0 saturated carbocycles. The molecule has 6 nitrogen and oxygen atoms in total. The number of aromatic amines is 1. The molecule has 2 aromatic heterocycles. The number of amides is 1. The van der Waals surface area contributed by atoms with E-state index in [9.17, 15) is 9.59 Å². The number of aromatic nitrogens is 2. The highest BCUT2D eigenvalue weighted by atomic mass is 16.2. The first-order valence-electron chi connectivity index (χ1n) is 8.67. The van der Waals surface area contributed by atoms with Crippen molar-refractivity contribution in [3.63, 3.8) is 0 Å². The largest absolute Gasteiger partial charge is 0.356 e. The van der Waals surface area contributed by atoms with E-state index in [1.165, 1.54) is 0 Å². The van der Waals surface area contributed by atoms with Crippen molar-refractivity contribution in [2.45, 2.75) is 33.2 Å². The summed E-state index contributed by atoms with van der Waals surface area (Å²) in [5.41, 5.74) is 2.23. The van der Waals surface area contributed by atoms with Crippen LogP contribution >= 0.6 is 0 Å². The average Bonchev–Trinajstić information content (AvgIpc) is 2.61. The van der Waals surface area contributed by atoms with Crippen LogP contribution in [0.2, 0.25) is 0 Å². The second-order valence-corrected chi connectivity index (χ2v) is 6.63. The van der Waals surface area contributed by atoms with E-state index in [4.69, 9.17) is 0 Å². The summed E-state index contributed by atoms with van der Waals surface area (Å²) in [6, 6.07) is 7.74. The second kappa shape index (κ2) is 7.51. The number of piperidine rings is 1.